The number of hydrogen-bond acceptors (Lipinski definition) is 5. The number of carbonyl (C=O) groups excluding carboxylic acids is 2. The smallest absolute Gasteiger partial charge is 0.261 e. The molecule has 0 radical (unpaired) electrons. The summed E-state index contributed by atoms with van der Waals surface area (Å²) >= 11 is 5.81. The highest BCUT2D eigenvalue weighted by Crippen LogP contribution is 2.21. The van der Waals surface area contributed by atoms with E-state index in [9.17, 15) is 18.0 Å². The van der Waals surface area contributed by atoms with E-state index in [1.54, 1.807) is 36.7 Å². The van der Waals surface area contributed by atoms with E-state index < -0.39 is 15.9 Å². The molecule has 0 aliphatic heterocycles. The van der Waals surface area contributed by atoms with Crippen molar-refractivity contribution >= 4 is 39.1 Å². The fourth-order valence-corrected chi connectivity index (χ4v) is 3.97. The minimum absolute atomic E-state index is 0.0166. The van der Waals surface area contributed by atoms with Gasteiger partial charge in [-0.15, -0.1) is 0 Å². The Bertz CT molecular complexity index is 1190. The predicted octanol–water partition coefficient (Wildman–Crippen LogP) is 2.97. The third-order valence-electron chi connectivity index (χ3n) is 4.42. The summed E-state index contributed by atoms with van der Waals surface area (Å²) in [5, 5.41) is 5.81. The molecule has 0 unspecified atom stereocenters. The van der Waals surface area contributed by atoms with Gasteiger partial charge in [0, 0.05) is 36.9 Å². The highest BCUT2D eigenvalue weighted by Gasteiger charge is 2.18. The molecule has 166 valence electrons. The van der Waals surface area contributed by atoms with Crippen LogP contribution in [0.2, 0.25) is 5.02 Å². The zero-order valence-corrected chi connectivity index (χ0v) is 18.5. The van der Waals surface area contributed by atoms with Gasteiger partial charge in [-0.05, 0) is 54.1 Å². The van der Waals surface area contributed by atoms with E-state index in [0.29, 0.717) is 11.6 Å². The van der Waals surface area contributed by atoms with Crippen molar-refractivity contribution in [2.75, 3.05) is 11.3 Å². The van der Waals surface area contributed by atoms with E-state index in [4.69, 9.17) is 11.6 Å². The lowest BCUT2D eigenvalue weighted by Gasteiger charge is -2.13. The van der Waals surface area contributed by atoms with Gasteiger partial charge in [0.25, 0.3) is 15.9 Å². The van der Waals surface area contributed by atoms with Gasteiger partial charge in [-0.2, -0.15) is 0 Å². The van der Waals surface area contributed by atoms with Crippen LogP contribution in [0.1, 0.15) is 22.3 Å². The minimum atomic E-state index is -3.91. The second-order valence-electron chi connectivity index (χ2n) is 6.74. The van der Waals surface area contributed by atoms with Gasteiger partial charge < -0.3 is 10.6 Å². The zero-order chi connectivity index (χ0) is 23.0. The highest BCUT2D eigenvalue weighted by molar-refractivity contribution is 7.92. The maximum Gasteiger partial charge on any atom is 0.261 e. The molecule has 0 fully saturated rings. The number of benzene rings is 2. The summed E-state index contributed by atoms with van der Waals surface area (Å²) in [5.74, 6) is -0.722. The summed E-state index contributed by atoms with van der Waals surface area (Å²) in [4.78, 5) is 28.5. The molecule has 0 saturated heterocycles. The summed E-state index contributed by atoms with van der Waals surface area (Å²) in [6, 6.07) is 15.5. The van der Waals surface area contributed by atoms with Crippen molar-refractivity contribution in [2.24, 2.45) is 0 Å². The van der Waals surface area contributed by atoms with Crippen LogP contribution in [0.15, 0.2) is 78.0 Å². The van der Waals surface area contributed by atoms with E-state index in [1.807, 2.05) is 0 Å². The summed E-state index contributed by atoms with van der Waals surface area (Å²) < 4.78 is 27.7. The van der Waals surface area contributed by atoms with Crippen LogP contribution in [0.25, 0.3) is 0 Å². The molecule has 0 saturated carbocycles. The first-order valence-electron chi connectivity index (χ1n) is 9.66. The molecule has 2 aromatic carbocycles. The molecule has 0 bridgehead atoms. The Morgan fingerprint density at radius 3 is 2.31 bits per heavy atom. The molecular formula is C22H21ClN4O4S. The van der Waals surface area contributed by atoms with Gasteiger partial charge >= 0.3 is 0 Å². The lowest BCUT2D eigenvalue weighted by molar-refractivity contribution is -0.121. The first kappa shape index (κ1) is 23.2. The van der Waals surface area contributed by atoms with Crippen LogP contribution < -0.4 is 15.4 Å². The van der Waals surface area contributed by atoms with Gasteiger partial charge in [0.05, 0.1) is 16.1 Å². The third-order valence-corrected chi connectivity index (χ3v) is 6.05. The fraction of sp³-hybridized carbons (Fsp3) is 0.136. The maximum absolute atomic E-state index is 12.6. The number of carbonyl (C=O) groups is 2. The average molecular weight is 473 g/mol. The molecule has 0 atom stereocenters. The van der Waals surface area contributed by atoms with Gasteiger partial charge in [0.1, 0.15) is 0 Å². The lowest BCUT2D eigenvalue weighted by atomic mass is 10.1. The second-order valence-corrected chi connectivity index (χ2v) is 8.86. The summed E-state index contributed by atoms with van der Waals surface area (Å²) in [7, 11) is -3.91. The first-order chi connectivity index (χ1) is 15.3. The molecule has 1 aromatic heterocycles. The quantitative estimate of drug-likeness (QED) is 0.442. The molecule has 10 heteroatoms. The Morgan fingerprint density at radius 1 is 0.906 bits per heavy atom. The fourth-order valence-electron chi connectivity index (χ4n) is 2.76. The van der Waals surface area contributed by atoms with Crippen LogP contribution in [0.5, 0.6) is 0 Å². The van der Waals surface area contributed by atoms with Crippen LogP contribution in [-0.4, -0.2) is 31.8 Å². The number of anilines is 1. The maximum atomic E-state index is 12.6. The summed E-state index contributed by atoms with van der Waals surface area (Å²) in [5.41, 5.74) is 1.18. The van der Waals surface area contributed by atoms with Crippen LogP contribution in [0, 0.1) is 0 Å². The number of halogens is 1. The molecule has 32 heavy (non-hydrogen) atoms. The molecule has 3 N–H and O–H groups in total. The number of rotatable bonds is 9. The van der Waals surface area contributed by atoms with Gasteiger partial charge in [0.2, 0.25) is 5.91 Å². The van der Waals surface area contributed by atoms with Crippen molar-refractivity contribution in [1.82, 2.24) is 15.6 Å². The van der Waals surface area contributed by atoms with E-state index in [0.717, 1.165) is 5.56 Å². The number of aromatic nitrogens is 1. The van der Waals surface area contributed by atoms with Gasteiger partial charge in [-0.3, -0.25) is 19.3 Å². The van der Waals surface area contributed by atoms with Crippen LogP contribution in [-0.2, 0) is 21.4 Å². The number of nitrogens with one attached hydrogen (secondary N) is 3. The minimum Gasteiger partial charge on any atom is -0.352 e. The normalized spacial score (nSPS) is 10.9. The van der Waals surface area contributed by atoms with Crippen LogP contribution in [0.3, 0.4) is 0 Å². The largest absolute Gasteiger partial charge is 0.352 e. The third kappa shape index (κ3) is 6.53. The SMILES string of the molecule is O=C(CCNC(=O)c1ccccc1NS(=O)(=O)c1ccc(Cl)cc1)NCc1ccncc1. The Labute approximate surface area is 191 Å². The number of hydrogen-bond donors (Lipinski definition) is 3. The molecular weight excluding hydrogens is 452 g/mol. The van der Waals surface area contributed by atoms with E-state index in [2.05, 4.69) is 20.3 Å². The Balaban J connectivity index is 1.57. The van der Waals surface area contributed by atoms with E-state index in [-0.39, 0.29) is 35.0 Å². The van der Waals surface area contributed by atoms with Gasteiger partial charge in [0.15, 0.2) is 0 Å². The number of amides is 2. The molecule has 0 aliphatic carbocycles. The van der Waals surface area contributed by atoms with E-state index >= 15 is 0 Å². The molecule has 3 aromatic rings. The first-order valence-corrected chi connectivity index (χ1v) is 11.5. The summed E-state index contributed by atoms with van der Waals surface area (Å²) in [6.45, 7) is 0.462. The standard InChI is InChI=1S/C22H21ClN4O4S/c23-17-5-7-18(8-6-17)32(30,31)27-20-4-2-1-3-19(20)22(29)25-14-11-21(28)26-15-16-9-12-24-13-10-16/h1-10,12-13,27H,11,14-15H2,(H,25,29)(H,26,28). The Kier molecular flexibility index (Phi) is 7.80. The van der Waals surface area contributed by atoms with Crippen LogP contribution in [0.4, 0.5) is 5.69 Å². The highest BCUT2D eigenvalue weighted by atomic mass is 35.5. The predicted molar refractivity (Wildman–Crippen MR) is 122 cm³/mol. The molecule has 3 rings (SSSR count). The Hall–Kier alpha value is -3.43. The number of para-hydroxylation sites is 1. The van der Waals surface area contributed by atoms with Crippen molar-refractivity contribution in [2.45, 2.75) is 17.9 Å². The van der Waals surface area contributed by atoms with Crippen molar-refractivity contribution in [3.8, 4) is 0 Å². The molecule has 1 heterocycles. The van der Waals surface area contributed by atoms with Crippen LogP contribution >= 0.6 is 11.6 Å². The van der Waals surface area contributed by atoms with Gasteiger partial charge in [-0.25, -0.2) is 8.42 Å². The number of sulfonamides is 1. The monoisotopic (exact) mass is 472 g/mol. The lowest BCUT2D eigenvalue weighted by Crippen LogP contribution is -2.31. The second kappa shape index (κ2) is 10.7. The zero-order valence-electron chi connectivity index (χ0n) is 16.9. The summed E-state index contributed by atoms with van der Waals surface area (Å²) in [6.07, 6.45) is 3.36. The van der Waals surface area contributed by atoms with Crippen molar-refractivity contribution in [3.63, 3.8) is 0 Å². The number of nitrogens with zero attached hydrogens (tertiary/aromatic N) is 1. The topological polar surface area (TPSA) is 117 Å². The molecule has 8 nitrogen and oxygen atoms in total. The van der Waals surface area contributed by atoms with Gasteiger partial charge in [-0.1, -0.05) is 23.7 Å². The number of pyridine rings is 1. The molecule has 0 aliphatic rings. The average Bonchev–Trinajstić information content (AvgIpc) is 2.79. The molecule has 2 amide bonds. The Morgan fingerprint density at radius 2 is 1.59 bits per heavy atom. The molecule has 0 spiro atoms. The van der Waals surface area contributed by atoms with Crippen molar-refractivity contribution in [1.29, 1.82) is 0 Å². The van der Waals surface area contributed by atoms with Crippen molar-refractivity contribution < 1.29 is 18.0 Å². The van der Waals surface area contributed by atoms with Crippen molar-refractivity contribution in [3.05, 3.63) is 89.2 Å². The van der Waals surface area contributed by atoms with E-state index in [1.165, 1.54) is 36.4 Å².